The molecular weight excluding hydrogens is 548 g/mol. The number of hydrogen-bond acceptors (Lipinski definition) is 7. The molecule has 1 aliphatic carbocycles. The van der Waals surface area contributed by atoms with E-state index in [-0.39, 0.29) is 25.4 Å². The maximum atomic E-state index is 14.1. The molecule has 0 aromatic heterocycles. The largest absolute Gasteiger partial charge is 0.453 e. The third-order valence-corrected chi connectivity index (χ3v) is 7.69. The van der Waals surface area contributed by atoms with Crippen LogP contribution in [0.15, 0.2) is 84.9 Å². The number of fused-ring (bicyclic) bond motifs is 1. The molecule has 0 bridgehead atoms. The molecule has 0 radical (unpaired) electrons. The second-order valence-electron chi connectivity index (χ2n) is 11.3. The highest BCUT2D eigenvalue weighted by atomic mass is 16.5. The predicted molar refractivity (Wildman–Crippen MR) is 160 cm³/mol. The average molecular weight is 589 g/mol. The number of rotatable bonds is 12. The van der Waals surface area contributed by atoms with Crippen LogP contribution in [0.25, 0.3) is 0 Å². The Morgan fingerprint density at radius 2 is 1.56 bits per heavy atom. The normalized spacial score (nSPS) is 16.2. The number of hydroxylamine groups is 2. The lowest BCUT2D eigenvalue weighted by Gasteiger charge is -2.37. The number of carbonyl (C=O) groups is 3. The van der Waals surface area contributed by atoms with Gasteiger partial charge in [0.05, 0.1) is 19.7 Å². The van der Waals surface area contributed by atoms with Crippen molar-refractivity contribution in [3.05, 3.63) is 107 Å². The first-order chi connectivity index (χ1) is 20.6. The van der Waals surface area contributed by atoms with Crippen LogP contribution in [0.4, 0.5) is 4.79 Å². The van der Waals surface area contributed by atoms with E-state index < -0.39 is 35.6 Å². The summed E-state index contributed by atoms with van der Waals surface area (Å²) in [7, 11) is 1.21. The lowest BCUT2D eigenvalue weighted by atomic mass is 9.92. The van der Waals surface area contributed by atoms with Crippen molar-refractivity contribution in [2.24, 2.45) is 5.92 Å². The first kappa shape index (κ1) is 31.7. The molecule has 1 unspecified atom stereocenters. The zero-order valence-corrected chi connectivity index (χ0v) is 24.8. The number of ether oxygens (including phenoxy) is 1. The number of aryl methyl sites for hydroxylation is 1. The number of nitrogens with zero attached hydrogens (tertiary/aromatic N) is 2. The molecule has 4 rings (SSSR count). The second-order valence-corrected chi connectivity index (χ2v) is 11.3. The molecule has 4 N–H and O–H groups in total. The first-order valence-corrected chi connectivity index (χ1v) is 14.4. The van der Waals surface area contributed by atoms with Gasteiger partial charge in [0.15, 0.2) is 5.60 Å². The van der Waals surface area contributed by atoms with E-state index in [4.69, 9.17) is 4.74 Å². The number of carbonyl (C=O) groups excluding carboxylic acids is 3. The average Bonchev–Trinajstić information content (AvgIpc) is 3.44. The monoisotopic (exact) mass is 588 g/mol. The number of methoxy groups -OCH3 is 1. The fourth-order valence-corrected chi connectivity index (χ4v) is 5.48. The molecule has 3 aromatic rings. The summed E-state index contributed by atoms with van der Waals surface area (Å²) >= 11 is 0. The highest BCUT2D eigenvalue weighted by molar-refractivity contribution is 5.86. The summed E-state index contributed by atoms with van der Waals surface area (Å²) in [4.78, 5) is 39.5. The minimum Gasteiger partial charge on any atom is -0.453 e. The van der Waals surface area contributed by atoms with E-state index in [9.17, 15) is 24.7 Å². The van der Waals surface area contributed by atoms with Gasteiger partial charge in [0, 0.05) is 13.0 Å². The highest BCUT2D eigenvalue weighted by Crippen LogP contribution is 2.36. The number of nitrogens with one attached hydrogen (secondary N) is 2. The Balaban J connectivity index is 1.66. The van der Waals surface area contributed by atoms with E-state index in [1.54, 1.807) is 38.1 Å². The van der Waals surface area contributed by atoms with Crippen molar-refractivity contribution < 1.29 is 29.4 Å². The van der Waals surface area contributed by atoms with Gasteiger partial charge in [-0.15, -0.1) is 0 Å². The molecule has 10 nitrogen and oxygen atoms in total. The van der Waals surface area contributed by atoms with Crippen molar-refractivity contribution in [3.63, 3.8) is 0 Å². The SMILES string of the molecule is COC(=O)N[C@H](C(=O)NN(Cc1ccccc1)C[C@@](O)(Cc1ccccc1)C(=O)N(O)C1CCc2ccccc21)C(C)C. The maximum absolute atomic E-state index is 14.1. The summed E-state index contributed by atoms with van der Waals surface area (Å²) in [5.41, 5.74) is 4.04. The summed E-state index contributed by atoms with van der Waals surface area (Å²) in [5.74, 6) is -1.72. The van der Waals surface area contributed by atoms with E-state index in [1.165, 1.54) is 12.1 Å². The molecule has 0 saturated heterocycles. The van der Waals surface area contributed by atoms with Crippen LogP contribution < -0.4 is 10.7 Å². The van der Waals surface area contributed by atoms with Gasteiger partial charge in [-0.05, 0) is 41.0 Å². The molecule has 3 aromatic carbocycles. The number of benzene rings is 3. The van der Waals surface area contributed by atoms with Crippen LogP contribution in [0.3, 0.4) is 0 Å². The fourth-order valence-electron chi connectivity index (χ4n) is 5.48. The van der Waals surface area contributed by atoms with Gasteiger partial charge in [-0.1, -0.05) is 98.8 Å². The van der Waals surface area contributed by atoms with Gasteiger partial charge in [-0.25, -0.2) is 14.9 Å². The van der Waals surface area contributed by atoms with Gasteiger partial charge < -0.3 is 15.2 Å². The van der Waals surface area contributed by atoms with Gasteiger partial charge in [-0.2, -0.15) is 0 Å². The van der Waals surface area contributed by atoms with E-state index >= 15 is 0 Å². The summed E-state index contributed by atoms with van der Waals surface area (Å²) in [5, 5.41) is 28.1. The molecule has 3 amide bonds. The number of aliphatic hydroxyl groups is 1. The van der Waals surface area contributed by atoms with E-state index in [0.717, 1.165) is 16.7 Å². The van der Waals surface area contributed by atoms with Crippen LogP contribution in [0.1, 0.15) is 48.6 Å². The Morgan fingerprint density at radius 1 is 0.953 bits per heavy atom. The number of amides is 3. The molecule has 3 atom stereocenters. The van der Waals surface area contributed by atoms with Gasteiger partial charge in [0.2, 0.25) is 0 Å². The molecule has 0 saturated carbocycles. The minimum absolute atomic E-state index is 0.118. The number of alkyl carbamates (subject to hydrolysis) is 1. The molecular formula is C33H40N4O6. The molecule has 0 spiro atoms. The molecule has 43 heavy (non-hydrogen) atoms. The predicted octanol–water partition coefficient (Wildman–Crippen LogP) is 3.78. The van der Waals surface area contributed by atoms with E-state index in [2.05, 4.69) is 10.7 Å². The van der Waals surface area contributed by atoms with Gasteiger partial charge >= 0.3 is 6.09 Å². The fraction of sp³-hybridized carbons (Fsp3) is 0.364. The first-order valence-electron chi connectivity index (χ1n) is 14.4. The summed E-state index contributed by atoms with van der Waals surface area (Å²) in [6, 6.07) is 24.4. The lowest BCUT2D eigenvalue weighted by Crippen LogP contribution is -2.61. The highest BCUT2D eigenvalue weighted by Gasteiger charge is 2.45. The topological polar surface area (TPSA) is 131 Å². The van der Waals surface area contributed by atoms with Crippen molar-refractivity contribution in [2.75, 3.05) is 13.7 Å². The molecule has 0 aliphatic heterocycles. The molecule has 1 aliphatic rings. The van der Waals surface area contributed by atoms with Crippen LogP contribution in [0.2, 0.25) is 0 Å². The Kier molecular flexibility index (Phi) is 10.5. The Morgan fingerprint density at radius 3 is 2.19 bits per heavy atom. The van der Waals surface area contributed by atoms with Crippen LogP contribution in [0.5, 0.6) is 0 Å². The molecule has 0 heterocycles. The second kappa shape index (κ2) is 14.3. The Bertz CT molecular complexity index is 1390. The van der Waals surface area contributed by atoms with Crippen molar-refractivity contribution in [1.29, 1.82) is 0 Å². The van der Waals surface area contributed by atoms with Crippen LogP contribution in [-0.4, -0.2) is 63.6 Å². The third kappa shape index (κ3) is 7.98. The quantitative estimate of drug-likeness (QED) is 0.187. The zero-order valence-electron chi connectivity index (χ0n) is 24.8. The summed E-state index contributed by atoms with van der Waals surface area (Å²) in [6.45, 7) is 3.34. The van der Waals surface area contributed by atoms with Crippen molar-refractivity contribution >= 4 is 17.9 Å². The third-order valence-electron chi connectivity index (χ3n) is 7.69. The minimum atomic E-state index is -2.14. The van der Waals surface area contributed by atoms with E-state index in [1.807, 2.05) is 60.7 Å². The zero-order chi connectivity index (χ0) is 31.0. The van der Waals surface area contributed by atoms with Crippen molar-refractivity contribution in [3.8, 4) is 0 Å². The van der Waals surface area contributed by atoms with Crippen LogP contribution >= 0.6 is 0 Å². The summed E-state index contributed by atoms with van der Waals surface area (Å²) in [6.07, 6.45) is 0.338. The van der Waals surface area contributed by atoms with E-state index in [0.29, 0.717) is 23.5 Å². The van der Waals surface area contributed by atoms with Crippen LogP contribution in [-0.2, 0) is 33.7 Å². The molecule has 10 heteroatoms. The summed E-state index contributed by atoms with van der Waals surface area (Å²) < 4.78 is 4.70. The van der Waals surface area contributed by atoms with Gasteiger partial charge in [-0.3, -0.25) is 20.2 Å². The molecule has 228 valence electrons. The number of hydrogen-bond donors (Lipinski definition) is 4. The number of hydrazine groups is 1. The molecule has 0 fully saturated rings. The Labute approximate surface area is 252 Å². The standard InChI is InChI=1S/C33H40N4O6/c1-23(2)29(34-32(40)43-3)30(38)35-36(21-25-14-8-5-9-15-25)22-33(41,20-24-12-6-4-7-13-24)31(39)37(42)28-19-18-26-16-10-11-17-27(26)28/h4-17,23,28-29,41-42H,18-22H2,1-3H3,(H,34,40)(H,35,38)/t28?,29-,33-/m0/s1. The van der Waals surface area contributed by atoms with Crippen molar-refractivity contribution in [1.82, 2.24) is 20.8 Å². The van der Waals surface area contributed by atoms with Gasteiger partial charge in [0.1, 0.15) is 6.04 Å². The van der Waals surface area contributed by atoms with Crippen molar-refractivity contribution in [2.45, 2.75) is 57.3 Å². The van der Waals surface area contributed by atoms with Crippen LogP contribution in [0, 0.1) is 5.92 Å². The van der Waals surface area contributed by atoms with Gasteiger partial charge in [0.25, 0.3) is 11.8 Å². The maximum Gasteiger partial charge on any atom is 0.407 e. The Hall–Kier alpha value is -4.25. The lowest BCUT2D eigenvalue weighted by molar-refractivity contribution is -0.199. The smallest absolute Gasteiger partial charge is 0.407 e.